The molecule has 2 aromatic rings. The molecule has 0 saturated carbocycles. The summed E-state index contributed by atoms with van der Waals surface area (Å²) < 4.78 is 1.47. The van der Waals surface area contributed by atoms with Crippen molar-refractivity contribution in [3.8, 4) is 0 Å². The number of rotatable bonds is 3. The number of aromatic nitrogens is 1. The van der Waals surface area contributed by atoms with E-state index < -0.39 is 0 Å². The Morgan fingerprint density at radius 3 is 2.61 bits per heavy atom. The van der Waals surface area contributed by atoms with Crippen molar-refractivity contribution in [3.05, 3.63) is 70.6 Å². The van der Waals surface area contributed by atoms with Crippen molar-refractivity contribution in [2.45, 2.75) is 31.7 Å². The predicted octanol–water partition coefficient (Wildman–Crippen LogP) is 2.43. The van der Waals surface area contributed by atoms with Gasteiger partial charge in [-0.15, -0.1) is 0 Å². The number of hydrogen-bond acceptors (Lipinski definition) is 2. The van der Waals surface area contributed by atoms with Gasteiger partial charge in [-0.1, -0.05) is 43.3 Å². The van der Waals surface area contributed by atoms with Crippen molar-refractivity contribution in [3.63, 3.8) is 0 Å². The Kier molecular flexibility index (Phi) is 4.33. The molecule has 0 N–H and O–H groups in total. The van der Waals surface area contributed by atoms with Gasteiger partial charge in [0, 0.05) is 30.8 Å². The Hall–Kier alpha value is -2.36. The molecule has 2 heterocycles. The monoisotopic (exact) mass is 310 g/mol. The molecule has 4 heteroatoms. The van der Waals surface area contributed by atoms with Gasteiger partial charge in [0.15, 0.2) is 0 Å². The Bertz CT molecular complexity index is 738. The van der Waals surface area contributed by atoms with Crippen LogP contribution in [0.1, 0.15) is 25.3 Å². The van der Waals surface area contributed by atoms with E-state index in [1.807, 2.05) is 23.1 Å². The lowest BCUT2D eigenvalue weighted by Crippen LogP contribution is -2.48. The predicted molar refractivity (Wildman–Crippen MR) is 90.3 cm³/mol. The van der Waals surface area contributed by atoms with Crippen LogP contribution in [0, 0.1) is 0 Å². The molecule has 1 aliphatic heterocycles. The summed E-state index contributed by atoms with van der Waals surface area (Å²) in [7, 11) is 0. The maximum absolute atomic E-state index is 12.6. The molecule has 0 unspecified atom stereocenters. The van der Waals surface area contributed by atoms with Crippen LogP contribution in [-0.4, -0.2) is 28.5 Å². The zero-order valence-corrected chi connectivity index (χ0v) is 13.4. The molecule has 120 valence electrons. The van der Waals surface area contributed by atoms with Crippen LogP contribution in [0.3, 0.4) is 0 Å². The normalized spacial score (nSPS) is 21.2. The van der Waals surface area contributed by atoms with Gasteiger partial charge < -0.3 is 9.47 Å². The number of amides is 1. The van der Waals surface area contributed by atoms with E-state index in [-0.39, 0.29) is 23.4 Å². The van der Waals surface area contributed by atoms with Gasteiger partial charge in [0.25, 0.3) is 5.56 Å². The van der Waals surface area contributed by atoms with Gasteiger partial charge in [0.05, 0.1) is 0 Å². The Labute approximate surface area is 136 Å². The smallest absolute Gasteiger partial charge is 0.250 e. The molecule has 1 aliphatic rings. The second kappa shape index (κ2) is 6.41. The summed E-state index contributed by atoms with van der Waals surface area (Å²) >= 11 is 0. The lowest BCUT2D eigenvalue weighted by Gasteiger charge is -2.41. The van der Waals surface area contributed by atoms with Crippen molar-refractivity contribution in [2.75, 3.05) is 13.1 Å². The van der Waals surface area contributed by atoms with E-state index in [0.29, 0.717) is 6.54 Å². The molecule has 1 atom stereocenters. The second-order valence-electron chi connectivity index (χ2n) is 6.51. The van der Waals surface area contributed by atoms with E-state index in [2.05, 4.69) is 19.1 Å². The van der Waals surface area contributed by atoms with E-state index in [0.717, 1.165) is 19.4 Å². The minimum absolute atomic E-state index is 0.0140. The lowest BCUT2D eigenvalue weighted by atomic mass is 9.76. The summed E-state index contributed by atoms with van der Waals surface area (Å²) in [6.07, 6.45) is 3.73. The average Bonchev–Trinajstić information content (AvgIpc) is 2.58. The van der Waals surface area contributed by atoms with Crippen LogP contribution in [-0.2, 0) is 16.8 Å². The third-order valence-electron chi connectivity index (χ3n) is 4.72. The third kappa shape index (κ3) is 3.36. The number of pyridine rings is 1. The summed E-state index contributed by atoms with van der Waals surface area (Å²) in [5, 5.41) is 0. The van der Waals surface area contributed by atoms with Gasteiger partial charge in [0.2, 0.25) is 5.91 Å². The first-order chi connectivity index (χ1) is 11.1. The summed E-state index contributed by atoms with van der Waals surface area (Å²) in [6.45, 7) is 3.81. The van der Waals surface area contributed by atoms with Crippen LogP contribution in [0.4, 0.5) is 0 Å². The van der Waals surface area contributed by atoms with Crippen molar-refractivity contribution in [2.24, 2.45) is 0 Å². The quantitative estimate of drug-likeness (QED) is 0.874. The number of carbonyl (C=O) groups excluding carboxylic acids is 1. The standard InChI is InChI=1S/C19H22N2O2/c1-19(16-8-3-2-4-9-16)11-7-13-21(15-19)18(23)14-20-12-6-5-10-17(20)22/h2-6,8-10,12H,7,11,13-15H2,1H3/t19-/m0/s1. The minimum atomic E-state index is -0.135. The maximum Gasteiger partial charge on any atom is 0.250 e. The van der Waals surface area contributed by atoms with Crippen LogP contribution < -0.4 is 5.56 Å². The molecule has 0 aliphatic carbocycles. The fourth-order valence-electron chi connectivity index (χ4n) is 3.37. The minimum Gasteiger partial charge on any atom is -0.340 e. The molecular weight excluding hydrogens is 288 g/mol. The Morgan fingerprint density at radius 2 is 1.87 bits per heavy atom. The van der Waals surface area contributed by atoms with Crippen LogP contribution in [0.15, 0.2) is 59.5 Å². The molecule has 1 saturated heterocycles. The van der Waals surface area contributed by atoms with Gasteiger partial charge in [-0.3, -0.25) is 9.59 Å². The number of likely N-dealkylation sites (tertiary alicyclic amines) is 1. The number of hydrogen-bond donors (Lipinski definition) is 0. The van der Waals surface area contributed by atoms with Gasteiger partial charge in [-0.25, -0.2) is 0 Å². The number of piperidine rings is 1. The van der Waals surface area contributed by atoms with Crippen LogP contribution in [0.5, 0.6) is 0 Å². The van der Waals surface area contributed by atoms with E-state index in [4.69, 9.17) is 0 Å². The number of nitrogens with zero attached hydrogens (tertiary/aromatic N) is 2. The van der Waals surface area contributed by atoms with E-state index in [9.17, 15) is 9.59 Å². The molecule has 1 aromatic heterocycles. The first kappa shape index (κ1) is 15.5. The highest BCUT2D eigenvalue weighted by atomic mass is 16.2. The van der Waals surface area contributed by atoms with Gasteiger partial charge >= 0.3 is 0 Å². The molecular formula is C19H22N2O2. The van der Waals surface area contributed by atoms with E-state index >= 15 is 0 Å². The van der Waals surface area contributed by atoms with Crippen molar-refractivity contribution < 1.29 is 4.79 Å². The van der Waals surface area contributed by atoms with Crippen molar-refractivity contribution >= 4 is 5.91 Å². The SMILES string of the molecule is C[C@]1(c2ccccc2)CCCN(C(=O)Cn2ccccc2=O)C1. The lowest BCUT2D eigenvalue weighted by molar-refractivity contribution is -0.134. The zero-order valence-electron chi connectivity index (χ0n) is 13.4. The van der Waals surface area contributed by atoms with E-state index in [1.165, 1.54) is 16.2 Å². The number of carbonyl (C=O) groups is 1. The summed E-state index contributed by atoms with van der Waals surface area (Å²) in [5.41, 5.74) is 1.12. The second-order valence-corrected chi connectivity index (χ2v) is 6.51. The van der Waals surface area contributed by atoms with Gasteiger partial charge in [-0.05, 0) is 24.5 Å². The fourth-order valence-corrected chi connectivity index (χ4v) is 3.37. The zero-order chi connectivity index (χ0) is 16.3. The highest BCUT2D eigenvalue weighted by molar-refractivity contribution is 5.76. The van der Waals surface area contributed by atoms with Gasteiger partial charge in [-0.2, -0.15) is 0 Å². The van der Waals surface area contributed by atoms with E-state index in [1.54, 1.807) is 18.3 Å². The molecule has 0 spiro atoms. The maximum atomic E-state index is 12.6. The summed E-state index contributed by atoms with van der Waals surface area (Å²) in [5.74, 6) is 0.0140. The molecule has 0 radical (unpaired) electrons. The fraction of sp³-hybridized carbons (Fsp3) is 0.368. The molecule has 1 fully saturated rings. The van der Waals surface area contributed by atoms with Crippen LogP contribution >= 0.6 is 0 Å². The largest absolute Gasteiger partial charge is 0.340 e. The average molecular weight is 310 g/mol. The molecule has 23 heavy (non-hydrogen) atoms. The van der Waals surface area contributed by atoms with Crippen molar-refractivity contribution in [1.29, 1.82) is 0 Å². The van der Waals surface area contributed by atoms with Gasteiger partial charge in [0.1, 0.15) is 6.54 Å². The summed E-state index contributed by atoms with van der Waals surface area (Å²) in [4.78, 5) is 26.3. The number of benzene rings is 1. The molecule has 1 aromatic carbocycles. The molecule has 4 nitrogen and oxygen atoms in total. The van der Waals surface area contributed by atoms with Crippen LogP contribution in [0.2, 0.25) is 0 Å². The van der Waals surface area contributed by atoms with Crippen molar-refractivity contribution in [1.82, 2.24) is 9.47 Å². The molecule has 3 rings (SSSR count). The first-order valence-electron chi connectivity index (χ1n) is 8.07. The Balaban J connectivity index is 1.75. The highest BCUT2D eigenvalue weighted by Gasteiger charge is 2.34. The first-order valence-corrected chi connectivity index (χ1v) is 8.07. The van der Waals surface area contributed by atoms with Crippen LogP contribution in [0.25, 0.3) is 0 Å². The Morgan fingerprint density at radius 1 is 1.13 bits per heavy atom. The summed E-state index contributed by atoms with van der Waals surface area (Å²) in [6, 6.07) is 15.3. The molecule has 0 bridgehead atoms. The third-order valence-corrected chi connectivity index (χ3v) is 4.72. The highest BCUT2D eigenvalue weighted by Crippen LogP contribution is 2.33. The molecule has 1 amide bonds. The topological polar surface area (TPSA) is 42.3 Å².